The molecule has 0 spiro atoms. The molecule has 34 heavy (non-hydrogen) atoms. The molecule has 0 unspecified atom stereocenters. The first kappa shape index (κ1) is 21.2. The molecule has 0 saturated heterocycles. The highest BCUT2D eigenvalue weighted by atomic mass is 32.1. The topological polar surface area (TPSA) is 127 Å². The molecule has 0 saturated carbocycles. The summed E-state index contributed by atoms with van der Waals surface area (Å²) in [5.74, 6) is -1.01. The van der Waals surface area contributed by atoms with Crippen LogP contribution in [0.25, 0.3) is 21.7 Å². The molecule has 0 bridgehead atoms. The Morgan fingerprint density at radius 3 is 2.59 bits per heavy atom. The van der Waals surface area contributed by atoms with Gasteiger partial charge in [-0.2, -0.15) is 33.7 Å². The molecule has 5 heterocycles. The molecule has 14 heteroatoms. The average molecular weight is 481 g/mol. The van der Waals surface area contributed by atoms with E-state index < -0.39 is 23.3 Å². The van der Waals surface area contributed by atoms with Gasteiger partial charge >= 0.3 is 6.18 Å². The van der Waals surface area contributed by atoms with Gasteiger partial charge in [-0.25, -0.2) is 14.6 Å². The lowest BCUT2D eigenvalue weighted by atomic mass is 10.2. The maximum absolute atomic E-state index is 14.0. The van der Waals surface area contributed by atoms with Crippen molar-refractivity contribution in [1.29, 1.82) is 5.26 Å². The van der Waals surface area contributed by atoms with Crippen molar-refractivity contribution in [2.45, 2.75) is 6.18 Å². The van der Waals surface area contributed by atoms with Gasteiger partial charge in [0.15, 0.2) is 17.3 Å². The Morgan fingerprint density at radius 1 is 1.06 bits per heavy atom. The summed E-state index contributed by atoms with van der Waals surface area (Å²) in [5.41, 5.74) is -1.96. The predicted molar refractivity (Wildman–Crippen MR) is 114 cm³/mol. The molecule has 0 radical (unpaired) electrons. The van der Waals surface area contributed by atoms with E-state index in [0.29, 0.717) is 14.8 Å². The summed E-state index contributed by atoms with van der Waals surface area (Å²) in [6, 6.07) is 6.57. The third-order valence-corrected chi connectivity index (χ3v) is 5.61. The molecule has 0 fully saturated rings. The number of rotatable bonds is 4. The van der Waals surface area contributed by atoms with Crippen LogP contribution in [-0.4, -0.2) is 40.6 Å². The number of anilines is 1. The van der Waals surface area contributed by atoms with Crippen molar-refractivity contribution in [3.63, 3.8) is 0 Å². The summed E-state index contributed by atoms with van der Waals surface area (Å²) < 4.78 is 43.2. The van der Waals surface area contributed by atoms with E-state index >= 15 is 0 Å². The second kappa shape index (κ2) is 8.05. The molecule has 5 aromatic rings. The number of nitriles is 1. The first-order chi connectivity index (χ1) is 16.4. The van der Waals surface area contributed by atoms with Gasteiger partial charge < -0.3 is 5.32 Å². The second-order valence-electron chi connectivity index (χ2n) is 6.77. The second-order valence-corrected chi connectivity index (χ2v) is 7.69. The number of amides is 1. The van der Waals surface area contributed by atoms with E-state index in [1.54, 1.807) is 17.5 Å². The van der Waals surface area contributed by atoms with Crippen molar-refractivity contribution >= 4 is 33.0 Å². The first-order valence-corrected chi connectivity index (χ1v) is 10.3. The number of pyridine rings is 2. The highest BCUT2D eigenvalue weighted by Crippen LogP contribution is 2.36. The van der Waals surface area contributed by atoms with Crippen LogP contribution in [0.2, 0.25) is 0 Å². The zero-order chi connectivity index (χ0) is 23.9. The summed E-state index contributed by atoms with van der Waals surface area (Å²) >= 11 is 1.21. The molecule has 0 aromatic carbocycles. The van der Waals surface area contributed by atoms with Crippen LogP contribution in [0.5, 0.6) is 0 Å². The Hall–Kier alpha value is -4.64. The van der Waals surface area contributed by atoms with E-state index in [1.807, 2.05) is 6.07 Å². The summed E-state index contributed by atoms with van der Waals surface area (Å²) in [7, 11) is 0. The number of alkyl halides is 3. The number of carbonyl (C=O) groups is 1. The number of aromatic nitrogens is 7. The molecule has 0 aliphatic rings. The van der Waals surface area contributed by atoms with Crippen molar-refractivity contribution in [3.05, 3.63) is 71.4 Å². The minimum Gasteiger partial charge on any atom is -0.320 e. The number of nitrogens with one attached hydrogen (secondary N) is 1. The van der Waals surface area contributed by atoms with Crippen LogP contribution in [0, 0.1) is 11.3 Å². The molecular formula is C20H10F3N9OS. The molecule has 1 N–H and O–H groups in total. The van der Waals surface area contributed by atoms with Crippen LogP contribution < -0.4 is 5.32 Å². The van der Waals surface area contributed by atoms with Gasteiger partial charge in [-0.1, -0.05) is 0 Å². The van der Waals surface area contributed by atoms with Crippen molar-refractivity contribution in [1.82, 2.24) is 34.7 Å². The monoisotopic (exact) mass is 481 g/mol. The van der Waals surface area contributed by atoms with Crippen LogP contribution in [-0.2, 0) is 6.18 Å². The third kappa shape index (κ3) is 3.63. The molecule has 168 valence electrons. The number of nitrogens with zero attached hydrogens (tertiary/aromatic N) is 8. The minimum atomic E-state index is -4.91. The van der Waals surface area contributed by atoms with Crippen LogP contribution >= 0.6 is 11.3 Å². The minimum absolute atomic E-state index is 0.00862. The van der Waals surface area contributed by atoms with Crippen LogP contribution in [0.1, 0.15) is 21.6 Å². The van der Waals surface area contributed by atoms with Crippen molar-refractivity contribution < 1.29 is 18.0 Å². The number of thiophene rings is 1. The van der Waals surface area contributed by atoms with Gasteiger partial charge in [-0.15, -0.1) is 16.1 Å². The molecule has 10 nitrogen and oxygen atoms in total. The van der Waals surface area contributed by atoms with Crippen LogP contribution in [0.4, 0.5) is 18.9 Å². The van der Waals surface area contributed by atoms with Crippen molar-refractivity contribution in [2.75, 3.05) is 5.32 Å². The van der Waals surface area contributed by atoms with E-state index in [9.17, 15) is 23.2 Å². The molecule has 5 rings (SSSR count). The van der Waals surface area contributed by atoms with Gasteiger partial charge in [-0.3, -0.25) is 4.79 Å². The number of halogens is 3. The number of hydrogen-bond acceptors (Lipinski definition) is 8. The smallest absolute Gasteiger partial charge is 0.320 e. The van der Waals surface area contributed by atoms with Gasteiger partial charge in [0, 0.05) is 6.20 Å². The molecule has 5 aromatic heterocycles. The van der Waals surface area contributed by atoms with Gasteiger partial charge in [0.2, 0.25) is 0 Å². The Bertz CT molecular complexity index is 1560. The van der Waals surface area contributed by atoms with E-state index in [0.717, 1.165) is 11.0 Å². The van der Waals surface area contributed by atoms with E-state index in [1.165, 1.54) is 42.2 Å². The average Bonchev–Trinajstić information content (AvgIpc) is 3.58. The lowest BCUT2D eigenvalue weighted by Crippen LogP contribution is -2.21. The zero-order valence-corrected chi connectivity index (χ0v) is 17.5. The lowest BCUT2D eigenvalue weighted by Gasteiger charge is -2.13. The fraction of sp³-hybridized carbons (Fsp3) is 0.0500. The highest BCUT2D eigenvalue weighted by molar-refractivity contribution is 7.17. The van der Waals surface area contributed by atoms with E-state index in [-0.39, 0.29) is 22.9 Å². The van der Waals surface area contributed by atoms with Gasteiger partial charge in [0.1, 0.15) is 11.6 Å². The first-order valence-electron chi connectivity index (χ1n) is 9.43. The maximum atomic E-state index is 14.0. The SMILES string of the molecule is N#Cc1cc(NC(=O)c2cnn(-c3nccc4ccsc34)c2C(F)(F)F)cnc1-n1nccn1. The van der Waals surface area contributed by atoms with Gasteiger partial charge in [0.05, 0.1) is 40.7 Å². The molecule has 0 aliphatic carbocycles. The molecular weight excluding hydrogens is 471 g/mol. The third-order valence-electron chi connectivity index (χ3n) is 4.69. The largest absolute Gasteiger partial charge is 0.434 e. The quantitative estimate of drug-likeness (QED) is 0.415. The van der Waals surface area contributed by atoms with E-state index in [4.69, 9.17) is 0 Å². The summed E-state index contributed by atoms with van der Waals surface area (Å²) in [6.07, 6.45) is 1.25. The Balaban J connectivity index is 1.53. The summed E-state index contributed by atoms with van der Waals surface area (Å²) in [6.45, 7) is 0. The van der Waals surface area contributed by atoms with Crippen LogP contribution in [0.3, 0.4) is 0 Å². The lowest BCUT2D eigenvalue weighted by molar-refractivity contribution is -0.143. The molecule has 0 aliphatic heterocycles. The fourth-order valence-electron chi connectivity index (χ4n) is 3.27. The Morgan fingerprint density at radius 2 is 1.85 bits per heavy atom. The van der Waals surface area contributed by atoms with Gasteiger partial charge in [-0.05, 0) is 29.0 Å². The zero-order valence-electron chi connectivity index (χ0n) is 16.7. The maximum Gasteiger partial charge on any atom is 0.434 e. The van der Waals surface area contributed by atoms with Crippen LogP contribution in [0.15, 0.2) is 54.6 Å². The van der Waals surface area contributed by atoms with E-state index in [2.05, 4.69) is 30.6 Å². The Labute approximate surface area is 191 Å². The fourth-order valence-corrected chi connectivity index (χ4v) is 4.14. The van der Waals surface area contributed by atoms with Crippen molar-refractivity contribution in [3.8, 4) is 17.7 Å². The number of fused-ring (bicyclic) bond motifs is 1. The Kier molecular flexibility index (Phi) is 5.02. The standard InChI is InChI=1S/C20H10F3N9OS/c21-20(22,23)16-14(10-29-31(16)18-15-11(1-3-25-18)2-6-34-15)19(33)30-13-7-12(8-24)17(26-9-13)32-27-4-5-28-32/h1-7,9-10H,(H,30,33). The highest BCUT2D eigenvalue weighted by Gasteiger charge is 2.41. The molecule has 0 atom stereocenters. The van der Waals surface area contributed by atoms with Crippen molar-refractivity contribution in [2.24, 2.45) is 0 Å². The number of hydrogen-bond donors (Lipinski definition) is 1. The normalized spacial score (nSPS) is 11.5. The number of carbonyl (C=O) groups excluding carboxylic acids is 1. The predicted octanol–water partition coefficient (Wildman–Crippen LogP) is 3.60. The van der Waals surface area contributed by atoms with Gasteiger partial charge in [0.25, 0.3) is 5.91 Å². The summed E-state index contributed by atoms with van der Waals surface area (Å²) in [4.78, 5) is 22.0. The molecule has 1 amide bonds. The summed E-state index contributed by atoms with van der Waals surface area (Å²) in [5, 5.41) is 25.8.